The van der Waals surface area contributed by atoms with Crippen LogP contribution in [0.25, 0.3) is 17.0 Å². The van der Waals surface area contributed by atoms with Gasteiger partial charge in [-0.15, -0.1) is 5.10 Å². The number of aromatic carboxylic acids is 1. The molecule has 0 unspecified atom stereocenters. The van der Waals surface area contributed by atoms with Crippen LogP contribution in [0.2, 0.25) is 0 Å². The lowest BCUT2D eigenvalue weighted by Gasteiger charge is -2.06. The summed E-state index contributed by atoms with van der Waals surface area (Å²) in [6, 6.07) is 9.02. The van der Waals surface area contributed by atoms with Gasteiger partial charge in [-0.3, -0.25) is 0 Å². The van der Waals surface area contributed by atoms with Crippen molar-refractivity contribution in [1.82, 2.24) is 19.6 Å². The molecular weight excluding hydrogens is 324 g/mol. The Morgan fingerprint density at radius 1 is 1.30 bits per heavy atom. The van der Waals surface area contributed by atoms with E-state index in [1.807, 2.05) is 24.3 Å². The zero-order valence-electron chi connectivity index (χ0n) is 10.4. The molecule has 3 rings (SSSR count). The van der Waals surface area contributed by atoms with Crippen molar-refractivity contribution in [2.24, 2.45) is 0 Å². The normalized spacial score (nSPS) is 10.9. The molecule has 0 spiro atoms. The molecule has 3 aromatic rings. The van der Waals surface area contributed by atoms with Crippen LogP contribution in [0.15, 0.2) is 34.8 Å². The first-order chi connectivity index (χ1) is 9.54. The van der Waals surface area contributed by atoms with E-state index >= 15 is 0 Å². The summed E-state index contributed by atoms with van der Waals surface area (Å²) < 4.78 is 2.44. The molecule has 2 aromatic heterocycles. The van der Waals surface area contributed by atoms with Gasteiger partial charge < -0.3 is 5.11 Å². The van der Waals surface area contributed by atoms with E-state index in [1.54, 1.807) is 11.4 Å². The van der Waals surface area contributed by atoms with E-state index < -0.39 is 5.97 Å². The minimum absolute atomic E-state index is 0.0557. The smallest absolute Gasteiger partial charge is 0.354 e. The number of hydrogen-bond acceptors (Lipinski definition) is 4. The molecule has 0 bridgehead atoms. The van der Waals surface area contributed by atoms with E-state index in [9.17, 15) is 4.79 Å². The van der Waals surface area contributed by atoms with E-state index in [0.29, 0.717) is 11.5 Å². The Kier molecular flexibility index (Phi) is 2.98. The van der Waals surface area contributed by atoms with Crippen molar-refractivity contribution in [1.29, 1.82) is 0 Å². The quantitative estimate of drug-likeness (QED) is 0.780. The fourth-order valence-corrected chi connectivity index (χ4v) is 2.33. The predicted octanol–water partition coefficient (Wildman–Crippen LogP) is 2.56. The highest BCUT2D eigenvalue weighted by atomic mass is 79.9. The van der Waals surface area contributed by atoms with Crippen LogP contribution < -0.4 is 0 Å². The van der Waals surface area contributed by atoms with Crippen molar-refractivity contribution < 1.29 is 9.90 Å². The molecule has 0 aliphatic rings. The van der Waals surface area contributed by atoms with E-state index in [-0.39, 0.29) is 11.5 Å². The van der Waals surface area contributed by atoms with Gasteiger partial charge in [-0.1, -0.05) is 28.1 Å². The van der Waals surface area contributed by atoms with Crippen LogP contribution in [0.3, 0.4) is 0 Å². The summed E-state index contributed by atoms with van der Waals surface area (Å²) in [5.74, 6) is -0.280. The summed E-state index contributed by atoms with van der Waals surface area (Å²) in [5.41, 5.74) is 1.41. The number of carbonyl (C=O) groups is 1. The Bertz CT molecular complexity index is 828. The summed E-state index contributed by atoms with van der Waals surface area (Å²) >= 11 is 3.40. The third kappa shape index (κ3) is 2.16. The van der Waals surface area contributed by atoms with Gasteiger partial charge in [0.2, 0.25) is 0 Å². The highest BCUT2D eigenvalue weighted by Gasteiger charge is 2.14. The number of fused-ring (bicyclic) bond motifs is 1. The topological polar surface area (TPSA) is 80.4 Å². The third-order valence-electron chi connectivity index (χ3n) is 2.76. The minimum Gasteiger partial charge on any atom is -0.477 e. The molecule has 1 N–H and O–H groups in total. The second-order valence-corrected chi connectivity index (χ2v) is 5.13. The molecule has 0 atom stereocenters. The standard InChI is InChI=1S/C13H9BrN4O2/c1-7-15-13-16-10(12(19)20)6-11(18(13)17-7)8-3-2-4-9(14)5-8/h2-6H,1H3,(H,19,20). The van der Waals surface area contributed by atoms with Gasteiger partial charge in [0.05, 0.1) is 5.69 Å². The van der Waals surface area contributed by atoms with Crippen LogP contribution in [0.5, 0.6) is 0 Å². The maximum absolute atomic E-state index is 11.2. The Morgan fingerprint density at radius 2 is 2.10 bits per heavy atom. The van der Waals surface area contributed by atoms with Gasteiger partial charge in [0.1, 0.15) is 5.82 Å². The maximum Gasteiger partial charge on any atom is 0.354 e. The summed E-state index contributed by atoms with van der Waals surface area (Å²) in [5, 5.41) is 13.4. The van der Waals surface area contributed by atoms with Crippen LogP contribution in [-0.2, 0) is 0 Å². The lowest BCUT2D eigenvalue weighted by molar-refractivity contribution is 0.0690. The van der Waals surface area contributed by atoms with Gasteiger partial charge in [-0.05, 0) is 25.1 Å². The summed E-state index contributed by atoms with van der Waals surface area (Å²) in [7, 11) is 0. The van der Waals surface area contributed by atoms with Crippen molar-refractivity contribution in [2.45, 2.75) is 6.92 Å². The first-order valence-corrected chi connectivity index (χ1v) is 6.57. The van der Waals surface area contributed by atoms with E-state index in [0.717, 1.165) is 10.0 Å². The monoisotopic (exact) mass is 332 g/mol. The van der Waals surface area contributed by atoms with Crippen LogP contribution in [0.4, 0.5) is 0 Å². The van der Waals surface area contributed by atoms with E-state index in [4.69, 9.17) is 5.11 Å². The largest absolute Gasteiger partial charge is 0.477 e. The van der Waals surface area contributed by atoms with Crippen molar-refractivity contribution >= 4 is 27.7 Å². The van der Waals surface area contributed by atoms with Crippen molar-refractivity contribution in [3.8, 4) is 11.3 Å². The van der Waals surface area contributed by atoms with Gasteiger partial charge in [0.25, 0.3) is 5.78 Å². The lowest BCUT2D eigenvalue weighted by atomic mass is 10.1. The average molecular weight is 333 g/mol. The fourth-order valence-electron chi connectivity index (χ4n) is 1.93. The van der Waals surface area contributed by atoms with Gasteiger partial charge in [-0.2, -0.15) is 9.50 Å². The first-order valence-electron chi connectivity index (χ1n) is 5.78. The molecule has 0 aliphatic heterocycles. The fraction of sp³-hybridized carbons (Fsp3) is 0.0769. The number of carboxylic acid groups (broad SMARTS) is 1. The molecule has 7 heteroatoms. The maximum atomic E-state index is 11.2. The van der Waals surface area contributed by atoms with Crippen LogP contribution in [-0.4, -0.2) is 30.7 Å². The summed E-state index contributed by atoms with van der Waals surface area (Å²) in [6.07, 6.45) is 0. The molecule has 6 nitrogen and oxygen atoms in total. The number of rotatable bonds is 2. The molecule has 0 amide bonds. The van der Waals surface area contributed by atoms with Gasteiger partial charge in [0, 0.05) is 10.0 Å². The SMILES string of the molecule is Cc1nc2nc(C(=O)O)cc(-c3cccc(Br)c3)n2n1. The number of halogens is 1. The minimum atomic E-state index is -1.09. The molecule has 0 aliphatic carbocycles. The second-order valence-electron chi connectivity index (χ2n) is 4.21. The highest BCUT2D eigenvalue weighted by molar-refractivity contribution is 9.10. The summed E-state index contributed by atoms with van der Waals surface area (Å²) in [6.45, 7) is 1.74. The molecule has 1 aromatic carbocycles. The van der Waals surface area contributed by atoms with Crippen molar-refractivity contribution in [3.63, 3.8) is 0 Å². The van der Waals surface area contributed by atoms with Crippen LogP contribution in [0, 0.1) is 6.92 Å². The number of aryl methyl sites for hydroxylation is 1. The zero-order valence-corrected chi connectivity index (χ0v) is 12.0. The molecule has 2 heterocycles. The second kappa shape index (κ2) is 4.68. The third-order valence-corrected chi connectivity index (χ3v) is 3.25. The van der Waals surface area contributed by atoms with E-state index in [1.165, 1.54) is 6.07 Å². The molecule has 0 saturated carbocycles. The van der Waals surface area contributed by atoms with Gasteiger partial charge in [-0.25, -0.2) is 9.78 Å². The van der Waals surface area contributed by atoms with Gasteiger partial charge in [0.15, 0.2) is 5.69 Å². The molecule has 0 saturated heterocycles. The molecular formula is C13H9BrN4O2. The number of aromatic nitrogens is 4. The van der Waals surface area contributed by atoms with Crippen molar-refractivity contribution in [3.05, 3.63) is 46.3 Å². The molecule has 0 radical (unpaired) electrons. The summed E-state index contributed by atoms with van der Waals surface area (Å²) in [4.78, 5) is 19.3. The molecule has 20 heavy (non-hydrogen) atoms. The number of hydrogen-bond donors (Lipinski definition) is 1. The van der Waals surface area contributed by atoms with Crippen LogP contribution >= 0.6 is 15.9 Å². The Balaban J connectivity index is 2.35. The predicted molar refractivity (Wildman–Crippen MR) is 75.6 cm³/mol. The van der Waals surface area contributed by atoms with Crippen molar-refractivity contribution in [2.75, 3.05) is 0 Å². The Morgan fingerprint density at radius 3 is 2.80 bits per heavy atom. The Hall–Kier alpha value is -2.28. The number of nitrogens with zero attached hydrogens (tertiary/aromatic N) is 4. The average Bonchev–Trinajstić information content (AvgIpc) is 2.77. The molecule has 0 fully saturated rings. The lowest BCUT2D eigenvalue weighted by Crippen LogP contribution is -2.05. The number of carboxylic acids is 1. The highest BCUT2D eigenvalue weighted by Crippen LogP contribution is 2.23. The van der Waals surface area contributed by atoms with Gasteiger partial charge >= 0.3 is 5.97 Å². The van der Waals surface area contributed by atoms with E-state index in [2.05, 4.69) is 31.0 Å². The number of benzene rings is 1. The first kappa shape index (κ1) is 12.7. The molecule has 100 valence electrons. The Labute approximate surface area is 122 Å². The van der Waals surface area contributed by atoms with Crippen LogP contribution in [0.1, 0.15) is 16.3 Å². The zero-order chi connectivity index (χ0) is 14.3.